The predicted octanol–water partition coefficient (Wildman–Crippen LogP) is 3.20. The second-order valence-electron chi connectivity index (χ2n) is 4.93. The third-order valence-electron chi connectivity index (χ3n) is 3.41. The summed E-state index contributed by atoms with van der Waals surface area (Å²) in [5, 5.41) is 12.2. The molecule has 1 fully saturated rings. The average Bonchev–Trinajstić information content (AvgIpc) is 3.23. The Morgan fingerprint density at radius 1 is 1.53 bits per heavy atom. The molecule has 2 rings (SSSR count). The van der Waals surface area contributed by atoms with Crippen LogP contribution in [0.25, 0.3) is 0 Å². The van der Waals surface area contributed by atoms with E-state index in [1.807, 2.05) is 18.2 Å². The van der Waals surface area contributed by atoms with Crippen molar-refractivity contribution in [2.75, 3.05) is 11.4 Å². The van der Waals surface area contributed by atoms with Gasteiger partial charge in [0.1, 0.15) is 0 Å². The van der Waals surface area contributed by atoms with Gasteiger partial charge in [0, 0.05) is 23.8 Å². The molecule has 1 aromatic carbocycles. The van der Waals surface area contributed by atoms with E-state index < -0.39 is 0 Å². The molecule has 0 spiro atoms. The van der Waals surface area contributed by atoms with E-state index in [0.29, 0.717) is 16.6 Å². The van der Waals surface area contributed by atoms with Crippen LogP contribution >= 0.6 is 11.6 Å². The van der Waals surface area contributed by atoms with Crippen LogP contribution in [0.5, 0.6) is 0 Å². The number of benzene rings is 1. The Morgan fingerprint density at radius 3 is 2.79 bits per heavy atom. The zero-order chi connectivity index (χ0) is 13.8. The third-order valence-corrected chi connectivity index (χ3v) is 3.72. The van der Waals surface area contributed by atoms with Gasteiger partial charge >= 0.3 is 0 Å². The van der Waals surface area contributed by atoms with Gasteiger partial charge in [0.15, 0.2) is 5.84 Å². The van der Waals surface area contributed by atoms with Crippen molar-refractivity contribution >= 4 is 23.1 Å². The van der Waals surface area contributed by atoms with E-state index >= 15 is 0 Å². The molecule has 0 saturated heterocycles. The van der Waals surface area contributed by atoms with E-state index in [4.69, 9.17) is 22.5 Å². The molecule has 0 aliphatic heterocycles. The lowest BCUT2D eigenvalue weighted by molar-refractivity contribution is 0.318. The van der Waals surface area contributed by atoms with E-state index in [1.54, 1.807) is 0 Å². The largest absolute Gasteiger partial charge is 0.409 e. The highest BCUT2D eigenvalue weighted by atomic mass is 35.5. The van der Waals surface area contributed by atoms with Crippen LogP contribution in [0.15, 0.2) is 23.4 Å². The Bertz CT molecular complexity index is 472. The first-order valence-electron chi connectivity index (χ1n) is 6.71. The van der Waals surface area contributed by atoms with Crippen LogP contribution in [0.4, 0.5) is 5.69 Å². The molecule has 104 valence electrons. The monoisotopic (exact) mass is 281 g/mol. The minimum atomic E-state index is 0.0445. The molecule has 3 N–H and O–H groups in total. The van der Waals surface area contributed by atoms with Crippen molar-refractivity contribution in [1.29, 1.82) is 0 Å². The summed E-state index contributed by atoms with van der Waals surface area (Å²) in [7, 11) is 0. The molecule has 0 unspecified atom stereocenters. The van der Waals surface area contributed by atoms with E-state index in [0.717, 1.165) is 12.2 Å². The molecular formula is C14H20ClN3O. The summed E-state index contributed by atoms with van der Waals surface area (Å²) in [6.45, 7) is 3.25. The Morgan fingerprint density at radius 2 is 2.26 bits per heavy atom. The van der Waals surface area contributed by atoms with Gasteiger partial charge in [-0.25, -0.2) is 0 Å². The number of hydrogen-bond acceptors (Lipinski definition) is 3. The van der Waals surface area contributed by atoms with Crippen molar-refractivity contribution in [3.8, 4) is 0 Å². The summed E-state index contributed by atoms with van der Waals surface area (Å²) in [5.74, 6) is 0.0445. The lowest BCUT2D eigenvalue weighted by Crippen LogP contribution is -2.27. The number of nitrogens with zero attached hydrogens (tertiary/aromatic N) is 2. The maximum Gasteiger partial charge on any atom is 0.171 e. The Hall–Kier alpha value is -1.42. The minimum absolute atomic E-state index is 0.0445. The number of unbranched alkanes of at least 4 members (excludes halogenated alkanes) is 1. The number of nitrogens with two attached hydrogens (primary N) is 1. The van der Waals surface area contributed by atoms with Crippen LogP contribution in [-0.2, 0) is 0 Å². The van der Waals surface area contributed by atoms with Crippen LogP contribution in [0, 0.1) is 0 Å². The Kier molecular flexibility index (Phi) is 4.53. The normalized spacial score (nSPS) is 15.6. The van der Waals surface area contributed by atoms with Crippen molar-refractivity contribution in [3.63, 3.8) is 0 Å². The molecule has 0 atom stereocenters. The van der Waals surface area contributed by atoms with Gasteiger partial charge in [-0.15, -0.1) is 0 Å². The van der Waals surface area contributed by atoms with Gasteiger partial charge in [-0.2, -0.15) is 0 Å². The maximum absolute atomic E-state index is 8.70. The molecule has 1 aliphatic rings. The minimum Gasteiger partial charge on any atom is -0.409 e. The Labute approximate surface area is 118 Å². The predicted molar refractivity (Wildman–Crippen MR) is 79.2 cm³/mol. The van der Waals surface area contributed by atoms with Gasteiger partial charge in [0.05, 0.1) is 5.02 Å². The Balaban J connectivity index is 2.21. The van der Waals surface area contributed by atoms with E-state index in [-0.39, 0.29) is 5.84 Å². The summed E-state index contributed by atoms with van der Waals surface area (Å²) in [4.78, 5) is 2.41. The van der Waals surface area contributed by atoms with Crippen LogP contribution in [0.2, 0.25) is 5.02 Å². The summed E-state index contributed by atoms with van der Waals surface area (Å²) in [6.07, 6.45) is 4.86. The van der Waals surface area contributed by atoms with Gasteiger partial charge < -0.3 is 15.8 Å². The molecule has 0 radical (unpaired) electrons. The van der Waals surface area contributed by atoms with Crippen molar-refractivity contribution in [2.24, 2.45) is 10.9 Å². The second kappa shape index (κ2) is 6.15. The lowest BCUT2D eigenvalue weighted by Gasteiger charge is -2.25. The summed E-state index contributed by atoms with van der Waals surface area (Å²) in [6, 6.07) is 6.36. The molecule has 0 amide bonds. The number of oxime groups is 1. The fourth-order valence-electron chi connectivity index (χ4n) is 2.18. The molecule has 19 heavy (non-hydrogen) atoms. The standard InChI is InChI=1S/C14H20ClN3O/c1-2-3-8-18(10-4-5-10)11-6-7-12(13(15)9-11)14(16)17-19/h6-7,9-10,19H,2-5,8H2,1H3,(H2,16,17). The number of rotatable bonds is 6. The fourth-order valence-corrected chi connectivity index (χ4v) is 2.45. The molecule has 1 aliphatic carbocycles. The summed E-state index contributed by atoms with van der Waals surface area (Å²) < 4.78 is 0. The summed E-state index contributed by atoms with van der Waals surface area (Å²) in [5.41, 5.74) is 7.27. The van der Waals surface area contributed by atoms with Crippen molar-refractivity contribution < 1.29 is 5.21 Å². The van der Waals surface area contributed by atoms with E-state index in [2.05, 4.69) is 17.0 Å². The third kappa shape index (κ3) is 3.32. The van der Waals surface area contributed by atoms with Gasteiger partial charge in [-0.1, -0.05) is 30.1 Å². The fraction of sp³-hybridized carbons (Fsp3) is 0.500. The SMILES string of the molecule is CCCCN(c1ccc(C(N)=NO)c(Cl)c1)C1CC1. The molecule has 0 heterocycles. The highest BCUT2D eigenvalue weighted by Crippen LogP contribution is 2.33. The second-order valence-corrected chi connectivity index (χ2v) is 5.33. The highest BCUT2D eigenvalue weighted by molar-refractivity contribution is 6.34. The highest BCUT2D eigenvalue weighted by Gasteiger charge is 2.29. The molecule has 0 aromatic heterocycles. The number of anilines is 1. The quantitative estimate of drug-likeness (QED) is 0.364. The molecule has 5 heteroatoms. The van der Waals surface area contributed by atoms with Gasteiger partial charge in [0.25, 0.3) is 0 Å². The van der Waals surface area contributed by atoms with E-state index in [1.165, 1.54) is 25.7 Å². The first-order valence-corrected chi connectivity index (χ1v) is 7.09. The number of hydrogen-bond donors (Lipinski definition) is 2. The van der Waals surface area contributed by atoms with Crippen molar-refractivity contribution in [1.82, 2.24) is 0 Å². The topological polar surface area (TPSA) is 61.8 Å². The van der Waals surface area contributed by atoms with Gasteiger partial charge in [-0.05, 0) is 37.5 Å². The maximum atomic E-state index is 8.70. The number of amidine groups is 1. The van der Waals surface area contributed by atoms with Crippen LogP contribution in [0.1, 0.15) is 38.2 Å². The van der Waals surface area contributed by atoms with Gasteiger partial charge in [-0.3, -0.25) is 0 Å². The molecule has 1 saturated carbocycles. The lowest BCUT2D eigenvalue weighted by atomic mass is 10.1. The van der Waals surface area contributed by atoms with Crippen molar-refractivity contribution in [2.45, 2.75) is 38.6 Å². The zero-order valence-corrected chi connectivity index (χ0v) is 11.9. The van der Waals surface area contributed by atoms with Gasteiger partial charge in [0.2, 0.25) is 0 Å². The first-order chi connectivity index (χ1) is 9.17. The first kappa shape index (κ1) is 14.0. The molecular weight excluding hydrogens is 262 g/mol. The molecule has 4 nitrogen and oxygen atoms in total. The van der Waals surface area contributed by atoms with Crippen LogP contribution < -0.4 is 10.6 Å². The number of halogens is 1. The molecule has 0 bridgehead atoms. The zero-order valence-electron chi connectivity index (χ0n) is 11.1. The smallest absolute Gasteiger partial charge is 0.171 e. The van der Waals surface area contributed by atoms with Crippen LogP contribution in [-0.4, -0.2) is 23.6 Å². The van der Waals surface area contributed by atoms with E-state index in [9.17, 15) is 0 Å². The average molecular weight is 282 g/mol. The summed E-state index contributed by atoms with van der Waals surface area (Å²) >= 11 is 6.21. The van der Waals surface area contributed by atoms with Crippen molar-refractivity contribution in [3.05, 3.63) is 28.8 Å². The molecule has 1 aromatic rings. The van der Waals surface area contributed by atoms with Crippen LogP contribution in [0.3, 0.4) is 0 Å².